The number of hydrogen-bond donors (Lipinski definition) is 1. The fourth-order valence-electron chi connectivity index (χ4n) is 2.17. The zero-order valence-electron chi connectivity index (χ0n) is 9.58. The number of benzene rings is 1. The summed E-state index contributed by atoms with van der Waals surface area (Å²) in [5.74, 6) is 0.481. The Bertz CT molecular complexity index is 359. The van der Waals surface area contributed by atoms with Crippen LogP contribution in [0.25, 0.3) is 0 Å². The molecule has 2 nitrogen and oxygen atoms in total. The maximum atomic E-state index is 13.1. The van der Waals surface area contributed by atoms with Crippen LogP contribution in [0.5, 0.6) is 5.75 Å². The van der Waals surface area contributed by atoms with Gasteiger partial charge in [-0.15, -0.1) is 0 Å². The normalized spacial score (nSPS) is 18.7. The molecule has 1 saturated carbocycles. The number of hydrogen-bond acceptors (Lipinski definition) is 2. The van der Waals surface area contributed by atoms with Crippen LogP contribution in [0, 0.1) is 5.82 Å². The molecule has 2 N–H and O–H groups in total. The summed E-state index contributed by atoms with van der Waals surface area (Å²) in [5.41, 5.74) is 6.57. The number of halogens is 1. The summed E-state index contributed by atoms with van der Waals surface area (Å²) < 4.78 is 19.0. The molecule has 3 heteroatoms. The van der Waals surface area contributed by atoms with Crippen molar-refractivity contribution in [2.24, 2.45) is 5.73 Å². The molecule has 88 valence electrons. The predicted octanol–water partition coefficient (Wildman–Crippen LogP) is 3.17. The molecule has 0 saturated heterocycles. The predicted molar refractivity (Wildman–Crippen MR) is 61.9 cm³/mol. The lowest BCUT2D eigenvalue weighted by atomic mass is 10.1. The first-order chi connectivity index (χ1) is 7.66. The third-order valence-corrected chi connectivity index (χ3v) is 3.06. The highest BCUT2D eigenvalue weighted by atomic mass is 19.1. The molecule has 0 aliphatic heterocycles. The number of ether oxygens (including phenoxy) is 1. The van der Waals surface area contributed by atoms with Gasteiger partial charge in [-0.25, -0.2) is 4.39 Å². The molecule has 0 aromatic heterocycles. The Hall–Kier alpha value is -1.09. The molecule has 1 aliphatic rings. The smallest absolute Gasteiger partial charge is 0.124 e. The molecule has 0 amide bonds. The van der Waals surface area contributed by atoms with E-state index in [0.29, 0.717) is 0 Å². The van der Waals surface area contributed by atoms with Gasteiger partial charge < -0.3 is 10.5 Å². The first-order valence-electron chi connectivity index (χ1n) is 5.88. The highest BCUT2D eigenvalue weighted by Crippen LogP contribution is 2.29. The first kappa shape index (κ1) is 11.4. The van der Waals surface area contributed by atoms with Crippen molar-refractivity contribution in [3.05, 3.63) is 29.6 Å². The summed E-state index contributed by atoms with van der Waals surface area (Å²) >= 11 is 0. The summed E-state index contributed by atoms with van der Waals surface area (Å²) in [5, 5.41) is 0. The van der Waals surface area contributed by atoms with Gasteiger partial charge in [-0.3, -0.25) is 0 Å². The van der Waals surface area contributed by atoms with Crippen LogP contribution in [0.15, 0.2) is 18.2 Å². The quantitative estimate of drug-likeness (QED) is 0.854. The van der Waals surface area contributed by atoms with E-state index in [0.717, 1.165) is 24.2 Å². The van der Waals surface area contributed by atoms with Crippen LogP contribution >= 0.6 is 0 Å². The van der Waals surface area contributed by atoms with Gasteiger partial charge in [0.15, 0.2) is 0 Å². The SMILES string of the molecule is C[C@H](N)c1cc(F)ccc1OC1CCCC1. The minimum Gasteiger partial charge on any atom is -0.490 e. The van der Waals surface area contributed by atoms with Crippen LogP contribution in [-0.4, -0.2) is 6.10 Å². The van der Waals surface area contributed by atoms with E-state index < -0.39 is 0 Å². The Morgan fingerprint density at radius 1 is 1.38 bits per heavy atom. The Labute approximate surface area is 95.6 Å². The van der Waals surface area contributed by atoms with Crippen LogP contribution in [0.1, 0.15) is 44.2 Å². The second-order valence-corrected chi connectivity index (χ2v) is 4.50. The molecule has 16 heavy (non-hydrogen) atoms. The van der Waals surface area contributed by atoms with Gasteiger partial charge in [0, 0.05) is 11.6 Å². The molecule has 1 aromatic carbocycles. The van der Waals surface area contributed by atoms with Crippen molar-refractivity contribution < 1.29 is 9.13 Å². The fraction of sp³-hybridized carbons (Fsp3) is 0.538. The van der Waals surface area contributed by atoms with E-state index in [2.05, 4.69) is 0 Å². The lowest BCUT2D eigenvalue weighted by Crippen LogP contribution is -2.15. The van der Waals surface area contributed by atoms with Crippen molar-refractivity contribution in [2.75, 3.05) is 0 Å². The van der Waals surface area contributed by atoms with Gasteiger partial charge in [-0.05, 0) is 50.8 Å². The topological polar surface area (TPSA) is 35.2 Å². The van der Waals surface area contributed by atoms with Gasteiger partial charge in [0.2, 0.25) is 0 Å². The first-order valence-corrected chi connectivity index (χ1v) is 5.88. The van der Waals surface area contributed by atoms with Crippen LogP contribution in [-0.2, 0) is 0 Å². The van der Waals surface area contributed by atoms with Gasteiger partial charge in [-0.1, -0.05) is 0 Å². The van der Waals surface area contributed by atoms with E-state index in [9.17, 15) is 4.39 Å². The van der Waals surface area contributed by atoms with Gasteiger partial charge in [0.25, 0.3) is 0 Å². The summed E-state index contributed by atoms with van der Waals surface area (Å²) in [7, 11) is 0. The molecule has 0 bridgehead atoms. The number of nitrogens with two attached hydrogens (primary N) is 1. The van der Waals surface area contributed by atoms with Crippen molar-refractivity contribution in [3.8, 4) is 5.75 Å². The summed E-state index contributed by atoms with van der Waals surface area (Å²) in [6.07, 6.45) is 4.91. The van der Waals surface area contributed by atoms with Crippen molar-refractivity contribution in [1.29, 1.82) is 0 Å². The Morgan fingerprint density at radius 3 is 2.69 bits per heavy atom. The van der Waals surface area contributed by atoms with Crippen molar-refractivity contribution in [2.45, 2.75) is 44.8 Å². The lowest BCUT2D eigenvalue weighted by molar-refractivity contribution is 0.207. The monoisotopic (exact) mass is 223 g/mol. The van der Waals surface area contributed by atoms with E-state index in [1.807, 2.05) is 6.92 Å². The molecule has 1 atom stereocenters. The Kier molecular flexibility index (Phi) is 3.44. The molecular formula is C13H18FNO. The average molecular weight is 223 g/mol. The molecule has 2 rings (SSSR count). The number of rotatable bonds is 3. The van der Waals surface area contributed by atoms with Crippen LogP contribution in [0.3, 0.4) is 0 Å². The third-order valence-electron chi connectivity index (χ3n) is 3.06. The zero-order chi connectivity index (χ0) is 11.5. The van der Waals surface area contributed by atoms with Crippen molar-refractivity contribution >= 4 is 0 Å². The van der Waals surface area contributed by atoms with Gasteiger partial charge >= 0.3 is 0 Å². The molecular weight excluding hydrogens is 205 g/mol. The minimum atomic E-state index is -0.258. The van der Waals surface area contributed by atoms with Gasteiger partial charge in [0.05, 0.1) is 6.10 Å². The zero-order valence-corrected chi connectivity index (χ0v) is 9.58. The Balaban J connectivity index is 2.18. The maximum Gasteiger partial charge on any atom is 0.124 e. The minimum absolute atomic E-state index is 0.202. The van der Waals surface area contributed by atoms with Gasteiger partial charge in [0.1, 0.15) is 11.6 Å². The highest BCUT2D eigenvalue weighted by Gasteiger charge is 2.19. The fourth-order valence-corrected chi connectivity index (χ4v) is 2.17. The van der Waals surface area contributed by atoms with E-state index >= 15 is 0 Å². The molecule has 0 heterocycles. The van der Waals surface area contributed by atoms with E-state index in [4.69, 9.17) is 10.5 Å². The van der Waals surface area contributed by atoms with Crippen molar-refractivity contribution in [3.63, 3.8) is 0 Å². The lowest BCUT2D eigenvalue weighted by Gasteiger charge is -2.18. The highest BCUT2D eigenvalue weighted by molar-refractivity contribution is 5.36. The molecule has 0 radical (unpaired) electrons. The summed E-state index contributed by atoms with van der Waals surface area (Å²) in [6.45, 7) is 1.84. The van der Waals surface area contributed by atoms with E-state index in [1.165, 1.54) is 25.0 Å². The third kappa shape index (κ3) is 2.53. The van der Waals surface area contributed by atoms with E-state index in [1.54, 1.807) is 6.07 Å². The molecule has 0 unspecified atom stereocenters. The second kappa shape index (κ2) is 4.83. The molecule has 1 aliphatic carbocycles. The largest absolute Gasteiger partial charge is 0.490 e. The molecule has 1 aromatic rings. The molecule has 1 fully saturated rings. The van der Waals surface area contributed by atoms with Gasteiger partial charge in [-0.2, -0.15) is 0 Å². The maximum absolute atomic E-state index is 13.1. The van der Waals surface area contributed by atoms with Crippen molar-refractivity contribution in [1.82, 2.24) is 0 Å². The van der Waals surface area contributed by atoms with Crippen LogP contribution in [0.4, 0.5) is 4.39 Å². The van der Waals surface area contributed by atoms with E-state index in [-0.39, 0.29) is 18.0 Å². The standard InChI is InChI=1S/C13H18FNO/c1-9(15)12-8-10(14)6-7-13(12)16-11-4-2-3-5-11/h6-9,11H,2-5,15H2,1H3/t9-/m0/s1. The Morgan fingerprint density at radius 2 is 2.06 bits per heavy atom. The summed E-state index contributed by atoms with van der Waals surface area (Å²) in [6, 6.07) is 4.38. The van der Waals surface area contributed by atoms with Crippen LogP contribution < -0.4 is 10.5 Å². The molecule has 0 spiro atoms. The van der Waals surface area contributed by atoms with Crippen LogP contribution in [0.2, 0.25) is 0 Å². The summed E-state index contributed by atoms with van der Waals surface area (Å²) in [4.78, 5) is 0. The second-order valence-electron chi connectivity index (χ2n) is 4.50. The average Bonchev–Trinajstić information content (AvgIpc) is 2.73.